The average Bonchev–Trinajstić information content (AvgIpc) is 3.61. The van der Waals surface area contributed by atoms with E-state index in [1.807, 2.05) is 64.5 Å². The number of thiazole rings is 1. The van der Waals surface area contributed by atoms with Crippen molar-refractivity contribution < 1.29 is 14.3 Å². The van der Waals surface area contributed by atoms with E-state index in [2.05, 4.69) is 33.1 Å². The summed E-state index contributed by atoms with van der Waals surface area (Å²) in [6.07, 6.45) is 9.09. The average molecular weight is 610 g/mol. The predicted octanol–water partition coefficient (Wildman–Crippen LogP) is 5.78. The molecule has 2 aliphatic heterocycles. The van der Waals surface area contributed by atoms with E-state index in [0.717, 1.165) is 56.4 Å². The molecule has 8 nitrogen and oxygen atoms in total. The van der Waals surface area contributed by atoms with Gasteiger partial charge >= 0.3 is 0 Å². The molecule has 0 atom stereocenters. The third-order valence-corrected chi connectivity index (χ3v) is 9.67. The van der Waals surface area contributed by atoms with Crippen LogP contribution in [-0.4, -0.2) is 75.8 Å². The lowest BCUT2D eigenvalue weighted by atomic mass is 9.75. The zero-order valence-corrected chi connectivity index (χ0v) is 25.8. The van der Waals surface area contributed by atoms with Crippen molar-refractivity contribution in [2.24, 2.45) is 5.41 Å². The van der Waals surface area contributed by atoms with Gasteiger partial charge in [0, 0.05) is 57.1 Å². The molecule has 0 radical (unpaired) electrons. The van der Waals surface area contributed by atoms with Crippen molar-refractivity contribution in [1.29, 1.82) is 0 Å². The second kappa shape index (κ2) is 14.1. The molecule has 1 spiro atoms. The number of para-hydroxylation sites is 1. The monoisotopic (exact) mass is 609 g/mol. The number of pyridine rings is 1. The molecule has 2 aromatic carbocycles. The zero-order valence-electron chi connectivity index (χ0n) is 25.0. The summed E-state index contributed by atoms with van der Waals surface area (Å²) in [5.41, 5.74) is 4.48. The molecule has 0 N–H and O–H groups in total. The minimum atomic E-state index is -0.0849. The molecule has 0 saturated carbocycles. The Morgan fingerprint density at radius 3 is 2.39 bits per heavy atom. The number of nitrogens with zero attached hydrogens (tertiary/aromatic N) is 5. The van der Waals surface area contributed by atoms with Gasteiger partial charge < -0.3 is 14.5 Å². The van der Waals surface area contributed by atoms with E-state index in [1.165, 1.54) is 11.3 Å². The highest BCUT2D eigenvalue weighted by Crippen LogP contribution is 2.38. The Morgan fingerprint density at radius 2 is 1.61 bits per heavy atom. The third-order valence-electron chi connectivity index (χ3n) is 8.91. The molecule has 4 aromatic rings. The van der Waals surface area contributed by atoms with Crippen LogP contribution in [0.3, 0.4) is 0 Å². The predicted molar refractivity (Wildman–Crippen MR) is 172 cm³/mol. The molecule has 2 aliphatic rings. The van der Waals surface area contributed by atoms with Crippen molar-refractivity contribution >= 4 is 23.2 Å². The Labute approximate surface area is 263 Å². The fraction of sp³-hybridized carbons (Fsp3) is 0.371. The third kappa shape index (κ3) is 7.34. The SMILES string of the molecule is O=C(c1cncs1)N1CCC2(CCCN(Cc3cccnc3)CCN(Cc3ccccc3)C(=O)c3ccccc3OC2)CC1. The van der Waals surface area contributed by atoms with E-state index in [1.54, 1.807) is 17.9 Å². The van der Waals surface area contributed by atoms with Gasteiger partial charge in [-0.15, -0.1) is 11.3 Å². The van der Waals surface area contributed by atoms with Crippen LogP contribution in [0.2, 0.25) is 0 Å². The van der Waals surface area contributed by atoms with Crippen LogP contribution in [0.5, 0.6) is 5.75 Å². The maximum atomic E-state index is 14.2. The van der Waals surface area contributed by atoms with Gasteiger partial charge in [0.25, 0.3) is 11.8 Å². The molecule has 0 bridgehead atoms. The van der Waals surface area contributed by atoms with Crippen LogP contribution in [0.4, 0.5) is 0 Å². The number of hydrogen-bond acceptors (Lipinski definition) is 7. The van der Waals surface area contributed by atoms with Crippen molar-refractivity contribution in [2.45, 2.75) is 38.8 Å². The number of benzene rings is 2. The first-order valence-electron chi connectivity index (χ1n) is 15.4. The second-order valence-electron chi connectivity index (χ2n) is 11.9. The highest BCUT2D eigenvalue weighted by atomic mass is 32.1. The van der Waals surface area contributed by atoms with Crippen LogP contribution in [0.15, 0.2) is 90.8 Å². The van der Waals surface area contributed by atoms with Crippen LogP contribution in [-0.2, 0) is 13.1 Å². The molecule has 0 unspecified atom stereocenters. The number of likely N-dealkylation sites (tertiary alicyclic amines) is 1. The second-order valence-corrected chi connectivity index (χ2v) is 12.8. The molecule has 2 aromatic heterocycles. The molecule has 1 saturated heterocycles. The summed E-state index contributed by atoms with van der Waals surface area (Å²) in [6, 6.07) is 21.9. The highest BCUT2D eigenvalue weighted by molar-refractivity contribution is 7.11. The lowest BCUT2D eigenvalue weighted by Gasteiger charge is -2.42. The summed E-state index contributed by atoms with van der Waals surface area (Å²) >= 11 is 1.39. The number of amides is 2. The largest absolute Gasteiger partial charge is 0.492 e. The smallest absolute Gasteiger partial charge is 0.265 e. The van der Waals surface area contributed by atoms with Crippen molar-refractivity contribution in [2.75, 3.05) is 39.3 Å². The number of piperidine rings is 1. The number of carbonyl (C=O) groups excluding carboxylic acids is 2. The molecule has 9 heteroatoms. The van der Waals surface area contributed by atoms with Crippen LogP contribution < -0.4 is 4.74 Å². The molecule has 1 fully saturated rings. The van der Waals surface area contributed by atoms with E-state index in [4.69, 9.17) is 4.74 Å². The van der Waals surface area contributed by atoms with Gasteiger partial charge in [0.15, 0.2) is 0 Å². The quantitative estimate of drug-likeness (QED) is 0.286. The lowest BCUT2D eigenvalue weighted by Crippen LogP contribution is -2.45. The number of fused-ring (bicyclic) bond motifs is 1. The fourth-order valence-electron chi connectivity index (χ4n) is 6.31. The highest BCUT2D eigenvalue weighted by Gasteiger charge is 2.37. The van der Waals surface area contributed by atoms with Crippen LogP contribution in [0, 0.1) is 5.41 Å². The van der Waals surface area contributed by atoms with Gasteiger partial charge in [-0.3, -0.25) is 24.5 Å². The van der Waals surface area contributed by atoms with E-state index in [9.17, 15) is 9.59 Å². The summed E-state index contributed by atoms with van der Waals surface area (Å²) < 4.78 is 6.57. The van der Waals surface area contributed by atoms with E-state index < -0.39 is 0 Å². The molecule has 0 aliphatic carbocycles. The maximum Gasteiger partial charge on any atom is 0.265 e. The Hall–Kier alpha value is -4.08. The van der Waals surface area contributed by atoms with Crippen molar-refractivity contribution in [3.05, 3.63) is 112 Å². The molecule has 2 amide bonds. The first kappa shape index (κ1) is 30.0. The normalized spacial score (nSPS) is 18.0. The summed E-state index contributed by atoms with van der Waals surface area (Å²) in [4.78, 5) is 42.7. The van der Waals surface area contributed by atoms with Gasteiger partial charge in [0.1, 0.15) is 10.6 Å². The minimum Gasteiger partial charge on any atom is -0.492 e. The zero-order chi connectivity index (χ0) is 30.2. The van der Waals surface area contributed by atoms with Gasteiger partial charge in [-0.1, -0.05) is 48.5 Å². The molecule has 4 heterocycles. The van der Waals surface area contributed by atoms with Crippen molar-refractivity contribution in [3.63, 3.8) is 0 Å². The van der Waals surface area contributed by atoms with Crippen LogP contribution in [0.1, 0.15) is 56.8 Å². The Bertz CT molecular complexity index is 1510. The van der Waals surface area contributed by atoms with Gasteiger partial charge in [0.05, 0.1) is 23.9 Å². The van der Waals surface area contributed by atoms with Gasteiger partial charge in [-0.05, 0) is 61.6 Å². The first-order chi connectivity index (χ1) is 21.6. The molecular formula is C35H39N5O3S. The van der Waals surface area contributed by atoms with Crippen molar-refractivity contribution in [1.82, 2.24) is 24.7 Å². The number of carbonyl (C=O) groups is 2. The lowest BCUT2D eigenvalue weighted by molar-refractivity contribution is 0.0352. The van der Waals surface area contributed by atoms with E-state index in [-0.39, 0.29) is 17.2 Å². The van der Waals surface area contributed by atoms with Crippen molar-refractivity contribution in [3.8, 4) is 5.75 Å². The standard InChI is InChI=1S/C35H39N5O3S/c41-33-30-11-4-5-12-31(30)43-26-35(14-18-39(19-15-35)34(42)32-23-37-27-44-32)13-7-17-38(24-29-10-6-16-36-22-29)20-21-40(33)25-28-8-2-1-3-9-28/h1-6,8-12,16,22-23,27H,7,13-15,17-21,24-26H2. The van der Waals surface area contributed by atoms with Gasteiger partial charge in [-0.25, -0.2) is 0 Å². The topological polar surface area (TPSA) is 78.9 Å². The maximum absolute atomic E-state index is 14.2. The van der Waals surface area contributed by atoms with Gasteiger partial charge in [0.2, 0.25) is 0 Å². The molecule has 6 rings (SSSR count). The Morgan fingerprint density at radius 1 is 0.818 bits per heavy atom. The number of aromatic nitrogens is 2. The Kier molecular flexibility index (Phi) is 9.63. The summed E-state index contributed by atoms with van der Waals surface area (Å²) in [6.45, 7) is 5.45. The van der Waals surface area contributed by atoms with E-state index in [0.29, 0.717) is 49.0 Å². The minimum absolute atomic E-state index is 0.0240. The summed E-state index contributed by atoms with van der Waals surface area (Å²) in [5, 5.41) is 0. The molecule has 44 heavy (non-hydrogen) atoms. The van der Waals surface area contributed by atoms with Crippen LogP contribution >= 0.6 is 11.3 Å². The Balaban J connectivity index is 1.26. The number of hydrogen-bond donors (Lipinski definition) is 0. The van der Waals surface area contributed by atoms with E-state index >= 15 is 0 Å². The van der Waals surface area contributed by atoms with Crippen LogP contribution in [0.25, 0.3) is 0 Å². The summed E-state index contributed by atoms with van der Waals surface area (Å²) in [7, 11) is 0. The summed E-state index contributed by atoms with van der Waals surface area (Å²) in [5.74, 6) is 0.665. The first-order valence-corrected chi connectivity index (χ1v) is 16.3. The number of rotatable bonds is 5. The fourth-order valence-corrected chi connectivity index (χ4v) is 6.90. The molecular weight excluding hydrogens is 570 g/mol. The molecule has 228 valence electrons. The van der Waals surface area contributed by atoms with Gasteiger partial charge in [-0.2, -0.15) is 0 Å². The number of ether oxygens (including phenoxy) is 1.